The number of hydrogen-bond donors (Lipinski definition) is 0. The second-order valence-corrected chi connectivity index (χ2v) is 10.4. The third-order valence-electron chi connectivity index (χ3n) is 4.01. The SMILES string of the molecule is COCCC(C)(C)S(=O)(=O)c1c(Cl)ccc2nc(C(C)(C)C)oc12. The van der Waals surface area contributed by atoms with Gasteiger partial charge in [-0.05, 0) is 32.4 Å². The summed E-state index contributed by atoms with van der Waals surface area (Å²) < 4.78 is 36.3. The lowest BCUT2D eigenvalue weighted by Crippen LogP contribution is -2.33. The minimum atomic E-state index is -3.75. The van der Waals surface area contributed by atoms with Gasteiger partial charge in [0.05, 0.1) is 9.77 Å². The van der Waals surface area contributed by atoms with Gasteiger partial charge in [0.25, 0.3) is 0 Å². The van der Waals surface area contributed by atoms with Crippen molar-refractivity contribution in [2.45, 2.75) is 56.1 Å². The average Bonchev–Trinajstić information content (AvgIpc) is 2.88. The Morgan fingerprint density at radius 2 is 1.83 bits per heavy atom. The predicted octanol–water partition coefficient (Wildman–Crippen LogP) is 4.37. The first-order valence-electron chi connectivity index (χ1n) is 7.75. The Morgan fingerprint density at radius 1 is 1.21 bits per heavy atom. The molecule has 7 heteroatoms. The molecular formula is C17H24ClNO4S. The molecule has 134 valence electrons. The Hall–Kier alpha value is -1.11. The fourth-order valence-corrected chi connectivity index (χ4v) is 4.35. The molecule has 1 aromatic carbocycles. The zero-order valence-electron chi connectivity index (χ0n) is 14.9. The van der Waals surface area contributed by atoms with Gasteiger partial charge in [-0.3, -0.25) is 0 Å². The molecule has 0 bridgehead atoms. The summed E-state index contributed by atoms with van der Waals surface area (Å²) in [5.41, 5.74) is 0.376. The molecule has 2 rings (SSSR count). The number of fused-ring (bicyclic) bond motifs is 1. The second-order valence-electron chi connectivity index (χ2n) is 7.50. The summed E-state index contributed by atoms with van der Waals surface area (Å²) in [5, 5.41) is 0.143. The molecule has 0 amide bonds. The minimum absolute atomic E-state index is 0.00534. The van der Waals surface area contributed by atoms with Crippen molar-refractivity contribution in [1.29, 1.82) is 0 Å². The second kappa shape index (κ2) is 6.32. The molecule has 1 aromatic heterocycles. The van der Waals surface area contributed by atoms with Gasteiger partial charge in [-0.25, -0.2) is 13.4 Å². The molecular weight excluding hydrogens is 350 g/mol. The van der Waals surface area contributed by atoms with Crippen LogP contribution in [-0.2, 0) is 20.0 Å². The first kappa shape index (κ1) is 19.2. The van der Waals surface area contributed by atoms with Crippen LogP contribution in [0.25, 0.3) is 11.1 Å². The van der Waals surface area contributed by atoms with Gasteiger partial charge in [-0.2, -0.15) is 0 Å². The lowest BCUT2D eigenvalue weighted by molar-refractivity contribution is 0.186. The Balaban J connectivity index is 2.71. The Kier molecular flexibility index (Phi) is 5.06. The highest BCUT2D eigenvalue weighted by atomic mass is 35.5. The van der Waals surface area contributed by atoms with Crippen molar-refractivity contribution in [3.8, 4) is 0 Å². The van der Waals surface area contributed by atoms with Crippen LogP contribution in [0.2, 0.25) is 5.02 Å². The Bertz CT molecular complexity index is 847. The summed E-state index contributed by atoms with van der Waals surface area (Å²) in [7, 11) is -2.20. The molecule has 2 aromatic rings. The van der Waals surface area contributed by atoms with Crippen molar-refractivity contribution < 1.29 is 17.6 Å². The van der Waals surface area contributed by atoms with E-state index >= 15 is 0 Å². The number of benzene rings is 1. The van der Waals surface area contributed by atoms with Gasteiger partial charge in [0.15, 0.2) is 15.4 Å². The van der Waals surface area contributed by atoms with Crippen LogP contribution in [0.15, 0.2) is 21.4 Å². The third-order valence-corrected chi connectivity index (χ3v) is 7.04. The van der Waals surface area contributed by atoms with Crippen molar-refractivity contribution in [2.75, 3.05) is 13.7 Å². The van der Waals surface area contributed by atoms with E-state index in [1.54, 1.807) is 33.1 Å². The first-order chi connectivity index (χ1) is 10.9. The quantitative estimate of drug-likeness (QED) is 0.778. The molecule has 0 unspecified atom stereocenters. The lowest BCUT2D eigenvalue weighted by Gasteiger charge is -2.25. The number of nitrogens with zero attached hydrogens (tertiary/aromatic N) is 1. The number of hydrogen-bond acceptors (Lipinski definition) is 5. The Morgan fingerprint density at radius 3 is 2.38 bits per heavy atom. The molecule has 0 spiro atoms. The molecule has 0 N–H and O–H groups in total. The monoisotopic (exact) mass is 373 g/mol. The van der Waals surface area contributed by atoms with Gasteiger partial charge in [-0.15, -0.1) is 0 Å². The molecule has 24 heavy (non-hydrogen) atoms. The molecule has 0 fully saturated rings. The number of halogens is 1. The van der Waals surface area contributed by atoms with Gasteiger partial charge in [-0.1, -0.05) is 32.4 Å². The summed E-state index contributed by atoms with van der Waals surface area (Å²) in [6.45, 7) is 9.53. The molecule has 0 aliphatic heterocycles. The highest BCUT2D eigenvalue weighted by Gasteiger charge is 2.39. The standard InChI is InChI=1S/C17H24ClNO4S/c1-16(2,3)15-19-12-8-7-11(18)14(13(12)23-15)24(20,21)17(4,5)9-10-22-6/h7-8H,9-10H2,1-6H3. The van der Waals surface area contributed by atoms with E-state index in [9.17, 15) is 8.42 Å². The molecule has 0 aliphatic carbocycles. The van der Waals surface area contributed by atoms with Crippen molar-refractivity contribution in [3.63, 3.8) is 0 Å². The lowest BCUT2D eigenvalue weighted by atomic mass is 9.97. The molecule has 0 saturated heterocycles. The fourth-order valence-electron chi connectivity index (χ4n) is 2.27. The van der Waals surface area contributed by atoms with E-state index in [1.807, 2.05) is 20.8 Å². The molecule has 0 saturated carbocycles. The van der Waals surface area contributed by atoms with Gasteiger partial charge in [0, 0.05) is 19.1 Å². The smallest absolute Gasteiger partial charge is 0.200 e. The maximum absolute atomic E-state index is 13.2. The highest BCUT2D eigenvalue weighted by molar-refractivity contribution is 7.93. The summed E-state index contributed by atoms with van der Waals surface area (Å²) in [4.78, 5) is 4.43. The van der Waals surface area contributed by atoms with Crippen molar-refractivity contribution in [2.24, 2.45) is 0 Å². The number of aromatic nitrogens is 1. The van der Waals surface area contributed by atoms with Crippen molar-refractivity contribution in [1.82, 2.24) is 4.98 Å². The van der Waals surface area contributed by atoms with Crippen LogP contribution < -0.4 is 0 Å². The number of methoxy groups -OCH3 is 1. The van der Waals surface area contributed by atoms with E-state index in [1.165, 1.54) is 0 Å². The van der Waals surface area contributed by atoms with Crippen LogP contribution in [0.1, 0.15) is 46.9 Å². The fraction of sp³-hybridized carbons (Fsp3) is 0.588. The van der Waals surface area contributed by atoms with E-state index in [4.69, 9.17) is 20.8 Å². The van der Waals surface area contributed by atoms with E-state index < -0.39 is 14.6 Å². The van der Waals surface area contributed by atoms with Gasteiger partial charge < -0.3 is 9.15 Å². The number of rotatable bonds is 5. The summed E-state index contributed by atoms with van der Waals surface area (Å²) in [6.07, 6.45) is 0.346. The molecule has 0 radical (unpaired) electrons. The maximum atomic E-state index is 13.2. The van der Waals surface area contributed by atoms with Crippen LogP contribution in [0.4, 0.5) is 0 Å². The molecule has 0 atom stereocenters. The van der Waals surface area contributed by atoms with E-state index in [2.05, 4.69) is 4.98 Å². The van der Waals surface area contributed by atoms with Gasteiger partial charge in [0.2, 0.25) is 5.89 Å². The van der Waals surface area contributed by atoms with Gasteiger partial charge in [0.1, 0.15) is 10.4 Å². The maximum Gasteiger partial charge on any atom is 0.200 e. The van der Waals surface area contributed by atoms with Crippen LogP contribution in [0.3, 0.4) is 0 Å². The highest BCUT2D eigenvalue weighted by Crippen LogP contribution is 2.39. The largest absolute Gasteiger partial charge is 0.439 e. The van der Waals surface area contributed by atoms with E-state index in [0.717, 1.165) is 0 Å². The predicted molar refractivity (Wildman–Crippen MR) is 95.5 cm³/mol. The van der Waals surface area contributed by atoms with Crippen LogP contribution in [0, 0.1) is 0 Å². The van der Waals surface area contributed by atoms with E-state index in [0.29, 0.717) is 24.4 Å². The summed E-state index contributed by atoms with van der Waals surface area (Å²) >= 11 is 6.25. The number of ether oxygens (including phenoxy) is 1. The minimum Gasteiger partial charge on any atom is -0.439 e. The number of sulfone groups is 1. The van der Waals surface area contributed by atoms with Crippen LogP contribution in [-0.4, -0.2) is 31.9 Å². The summed E-state index contributed by atoms with van der Waals surface area (Å²) in [6, 6.07) is 3.23. The normalized spacial score (nSPS) is 13.6. The van der Waals surface area contributed by atoms with Crippen molar-refractivity contribution in [3.05, 3.63) is 23.0 Å². The zero-order chi connectivity index (χ0) is 18.3. The van der Waals surface area contributed by atoms with Gasteiger partial charge >= 0.3 is 0 Å². The third kappa shape index (κ3) is 3.32. The average molecular weight is 374 g/mol. The Labute approximate surface area is 148 Å². The van der Waals surface area contributed by atoms with Crippen LogP contribution >= 0.6 is 11.6 Å². The summed E-state index contributed by atoms with van der Waals surface area (Å²) in [5.74, 6) is 0.478. The number of oxazole rings is 1. The molecule has 0 aliphatic rings. The first-order valence-corrected chi connectivity index (χ1v) is 9.61. The topological polar surface area (TPSA) is 69.4 Å². The molecule has 1 heterocycles. The zero-order valence-corrected chi connectivity index (χ0v) is 16.5. The van der Waals surface area contributed by atoms with E-state index in [-0.39, 0.29) is 20.9 Å². The van der Waals surface area contributed by atoms with Crippen LogP contribution in [0.5, 0.6) is 0 Å². The molecule has 5 nitrogen and oxygen atoms in total. The van der Waals surface area contributed by atoms with Crippen molar-refractivity contribution >= 4 is 32.5 Å².